The topological polar surface area (TPSA) is 24.9 Å². The molecule has 0 bridgehead atoms. The number of hydrogen-bond acceptors (Lipinski definition) is 4. The second kappa shape index (κ2) is 7.48. The summed E-state index contributed by atoms with van der Waals surface area (Å²) in [7, 11) is 1.36. The number of hydrogen-bond donors (Lipinski definition) is 0. The van der Waals surface area contributed by atoms with Crippen molar-refractivity contribution in [1.82, 2.24) is 9.57 Å². The van der Waals surface area contributed by atoms with Gasteiger partial charge in [0.15, 0.2) is 0 Å². The van der Waals surface area contributed by atoms with Crippen molar-refractivity contribution in [2.75, 3.05) is 26.8 Å². The summed E-state index contributed by atoms with van der Waals surface area (Å²) in [4.78, 5) is 2.55. The molecule has 0 atom stereocenters. The van der Waals surface area contributed by atoms with E-state index < -0.39 is 8.53 Å². The number of unbranched alkanes of at least 4 members (excludes halogenated alkanes) is 1. The van der Waals surface area contributed by atoms with Crippen molar-refractivity contribution < 1.29 is 9.05 Å². The van der Waals surface area contributed by atoms with Crippen LogP contribution < -0.4 is 0 Å². The molecule has 2 aliphatic rings. The molecule has 0 radical (unpaired) electrons. The fraction of sp³-hybridized carbons (Fsp3) is 1.00. The maximum absolute atomic E-state index is 6.22. The van der Waals surface area contributed by atoms with Crippen LogP contribution in [0.4, 0.5) is 0 Å². The summed E-state index contributed by atoms with van der Waals surface area (Å²) < 4.78 is 15.0. The fourth-order valence-corrected chi connectivity index (χ4v) is 5.96. The number of likely N-dealkylation sites (tertiary alicyclic amines) is 1. The van der Waals surface area contributed by atoms with Gasteiger partial charge >= 0.3 is 0 Å². The molecule has 0 aromatic rings. The molecule has 2 rings (SSSR count). The second-order valence-electron chi connectivity index (χ2n) is 9.71. The Hall–Kier alpha value is 0.270. The van der Waals surface area contributed by atoms with Gasteiger partial charge in [-0.25, -0.2) is 4.67 Å². The quantitative estimate of drug-likeness (QED) is 0.643. The van der Waals surface area contributed by atoms with Crippen LogP contribution in [0.2, 0.25) is 0 Å². The first-order chi connectivity index (χ1) is 11.0. The third-order valence-electron chi connectivity index (χ3n) is 5.79. The van der Waals surface area contributed by atoms with Crippen molar-refractivity contribution in [3.05, 3.63) is 0 Å². The van der Waals surface area contributed by atoms with Crippen LogP contribution in [0.15, 0.2) is 0 Å². The van der Waals surface area contributed by atoms with Gasteiger partial charge in [0.2, 0.25) is 0 Å². The van der Waals surface area contributed by atoms with Crippen LogP contribution in [0, 0.1) is 5.41 Å². The molecule has 5 heteroatoms. The first kappa shape index (κ1) is 20.6. The van der Waals surface area contributed by atoms with E-state index in [2.05, 4.69) is 65.1 Å². The zero-order valence-corrected chi connectivity index (χ0v) is 18.1. The van der Waals surface area contributed by atoms with Crippen molar-refractivity contribution >= 4 is 8.53 Å². The van der Waals surface area contributed by atoms with E-state index in [-0.39, 0.29) is 16.5 Å². The Labute approximate surface area is 151 Å². The predicted octanol–water partition coefficient (Wildman–Crippen LogP) is 5.04. The minimum atomic E-state index is -0.910. The number of nitrogens with zero attached hydrogens (tertiary/aromatic N) is 2. The van der Waals surface area contributed by atoms with Gasteiger partial charge in [0.25, 0.3) is 8.53 Å². The SMILES string of the molecule is CCCCN(C1CC(C)(C)N(C)C(C)(C)C1)P1OCC(C)(C)CO1. The van der Waals surface area contributed by atoms with E-state index in [1.165, 1.54) is 25.7 Å². The van der Waals surface area contributed by atoms with Crippen molar-refractivity contribution in [3.8, 4) is 0 Å². The van der Waals surface area contributed by atoms with Gasteiger partial charge in [0.05, 0.1) is 13.2 Å². The van der Waals surface area contributed by atoms with E-state index in [0.29, 0.717) is 6.04 Å². The molecule has 2 fully saturated rings. The van der Waals surface area contributed by atoms with E-state index in [1.54, 1.807) is 0 Å². The van der Waals surface area contributed by atoms with E-state index >= 15 is 0 Å². The third kappa shape index (κ3) is 4.71. The Morgan fingerprint density at radius 2 is 1.50 bits per heavy atom. The Morgan fingerprint density at radius 3 is 1.96 bits per heavy atom. The molecule has 4 nitrogen and oxygen atoms in total. The zero-order valence-electron chi connectivity index (χ0n) is 17.2. The number of rotatable bonds is 5. The first-order valence-electron chi connectivity index (χ1n) is 9.55. The first-order valence-corrected chi connectivity index (χ1v) is 10.7. The number of piperidine rings is 1. The van der Waals surface area contributed by atoms with E-state index in [4.69, 9.17) is 9.05 Å². The van der Waals surface area contributed by atoms with Gasteiger partial charge < -0.3 is 9.05 Å². The Balaban J connectivity index is 2.15. The predicted molar refractivity (Wildman–Crippen MR) is 103 cm³/mol. The molecule has 24 heavy (non-hydrogen) atoms. The molecule has 0 saturated carbocycles. The maximum atomic E-state index is 6.22. The lowest BCUT2D eigenvalue weighted by molar-refractivity contribution is -0.0407. The van der Waals surface area contributed by atoms with Crippen molar-refractivity contribution in [2.24, 2.45) is 5.41 Å². The van der Waals surface area contributed by atoms with Gasteiger partial charge in [-0.2, -0.15) is 0 Å². The molecule has 0 amide bonds. The summed E-state index contributed by atoms with van der Waals surface area (Å²) in [5.41, 5.74) is 0.531. The van der Waals surface area contributed by atoms with Crippen LogP contribution >= 0.6 is 8.53 Å². The zero-order chi connectivity index (χ0) is 18.2. The van der Waals surface area contributed by atoms with Gasteiger partial charge in [0, 0.05) is 29.1 Å². The summed E-state index contributed by atoms with van der Waals surface area (Å²) in [6, 6.07) is 0.532. The highest BCUT2D eigenvalue weighted by atomic mass is 31.2. The maximum Gasteiger partial charge on any atom is 0.259 e. The summed E-state index contributed by atoms with van der Waals surface area (Å²) in [6.07, 6.45) is 4.77. The minimum Gasteiger partial charge on any atom is -0.321 e. The Bertz CT molecular complexity index is 398. The normalized spacial score (nSPS) is 28.4. The third-order valence-corrected chi connectivity index (χ3v) is 7.44. The van der Waals surface area contributed by atoms with Crippen LogP contribution in [0.3, 0.4) is 0 Å². The average molecular weight is 359 g/mol. The fourth-order valence-electron chi connectivity index (χ4n) is 3.93. The summed E-state index contributed by atoms with van der Waals surface area (Å²) in [6.45, 7) is 18.9. The monoisotopic (exact) mass is 358 g/mol. The summed E-state index contributed by atoms with van der Waals surface area (Å²) >= 11 is 0. The van der Waals surface area contributed by atoms with Crippen LogP contribution in [-0.2, 0) is 9.05 Å². The lowest BCUT2D eigenvalue weighted by atomic mass is 9.77. The largest absolute Gasteiger partial charge is 0.321 e. The lowest BCUT2D eigenvalue weighted by Gasteiger charge is -2.56. The van der Waals surface area contributed by atoms with Gasteiger partial charge in [-0.15, -0.1) is 0 Å². The molecule has 2 saturated heterocycles. The molecule has 0 aromatic carbocycles. The molecule has 2 heterocycles. The van der Waals surface area contributed by atoms with Crippen molar-refractivity contribution in [2.45, 2.75) is 91.3 Å². The van der Waals surface area contributed by atoms with Gasteiger partial charge in [0.1, 0.15) is 0 Å². The van der Waals surface area contributed by atoms with Crippen molar-refractivity contribution in [3.63, 3.8) is 0 Å². The smallest absolute Gasteiger partial charge is 0.259 e. The summed E-state index contributed by atoms with van der Waals surface area (Å²) in [5, 5.41) is 0. The summed E-state index contributed by atoms with van der Waals surface area (Å²) in [5.74, 6) is 0. The second-order valence-corrected chi connectivity index (χ2v) is 11.2. The van der Waals surface area contributed by atoms with Gasteiger partial charge in [-0.1, -0.05) is 27.2 Å². The Morgan fingerprint density at radius 1 is 1.00 bits per heavy atom. The molecular formula is C19H39N2O2P. The van der Waals surface area contributed by atoms with Crippen LogP contribution in [0.25, 0.3) is 0 Å². The van der Waals surface area contributed by atoms with E-state index in [9.17, 15) is 0 Å². The van der Waals surface area contributed by atoms with Crippen LogP contribution in [0.1, 0.15) is 74.1 Å². The highest BCUT2D eigenvalue weighted by molar-refractivity contribution is 7.44. The molecular weight excluding hydrogens is 319 g/mol. The highest BCUT2D eigenvalue weighted by Gasteiger charge is 2.47. The minimum absolute atomic E-state index is 0.139. The average Bonchev–Trinajstić information content (AvgIpc) is 2.46. The Kier molecular flexibility index (Phi) is 6.42. The van der Waals surface area contributed by atoms with E-state index in [1.807, 2.05) is 0 Å². The molecule has 0 spiro atoms. The molecule has 0 N–H and O–H groups in total. The van der Waals surface area contributed by atoms with Crippen LogP contribution in [0.5, 0.6) is 0 Å². The van der Waals surface area contributed by atoms with E-state index in [0.717, 1.165) is 19.8 Å². The van der Waals surface area contributed by atoms with Crippen LogP contribution in [-0.4, -0.2) is 53.5 Å². The van der Waals surface area contributed by atoms with Gasteiger partial charge in [-0.3, -0.25) is 4.90 Å². The molecule has 0 aliphatic carbocycles. The highest BCUT2D eigenvalue weighted by Crippen LogP contribution is 2.53. The lowest BCUT2D eigenvalue weighted by Crippen LogP contribution is -2.62. The molecule has 142 valence electrons. The molecule has 0 aromatic heterocycles. The molecule has 0 unspecified atom stereocenters. The van der Waals surface area contributed by atoms with Crippen molar-refractivity contribution in [1.29, 1.82) is 0 Å². The van der Waals surface area contributed by atoms with Gasteiger partial charge in [-0.05, 0) is 54.0 Å². The standard InChI is InChI=1S/C19H39N2O2P/c1-9-10-11-21(24-22-14-17(2,3)15-23-24)16-12-18(4,5)20(8)19(6,7)13-16/h16H,9-15H2,1-8H3. The molecule has 2 aliphatic heterocycles.